The molecule has 0 spiro atoms. The van der Waals surface area contributed by atoms with Crippen molar-refractivity contribution in [3.63, 3.8) is 0 Å². The normalized spacial score (nSPS) is 18.2. The van der Waals surface area contributed by atoms with Gasteiger partial charge in [-0.05, 0) is 24.2 Å². The summed E-state index contributed by atoms with van der Waals surface area (Å²) in [4.78, 5) is 0. The topological polar surface area (TPSA) is 0 Å². The lowest BCUT2D eigenvalue weighted by molar-refractivity contribution is -0.0884. The Morgan fingerprint density at radius 2 is 2.07 bits per heavy atom. The molecule has 0 amide bonds. The average molecular weight is 220 g/mol. The molecule has 0 fully saturated rings. The third-order valence-electron chi connectivity index (χ3n) is 2.10. The molecule has 14 heavy (non-hydrogen) atoms. The summed E-state index contributed by atoms with van der Waals surface area (Å²) in [5, 5.41) is 0.209. The maximum atomic E-state index is 12.5. The SMILES string of the molecule is CCC1=CC(C(F)(F)F)=C(P)C=CC1. The quantitative estimate of drug-likeness (QED) is 0.586. The third kappa shape index (κ3) is 2.71. The summed E-state index contributed by atoms with van der Waals surface area (Å²) >= 11 is 0. The second-order valence-corrected chi connectivity index (χ2v) is 3.75. The zero-order chi connectivity index (χ0) is 10.8. The Kier molecular flexibility index (Phi) is 3.54. The van der Waals surface area contributed by atoms with Gasteiger partial charge in [0.25, 0.3) is 0 Å². The van der Waals surface area contributed by atoms with Crippen LogP contribution in [-0.2, 0) is 0 Å². The second kappa shape index (κ2) is 4.31. The summed E-state index contributed by atoms with van der Waals surface area (Å²) in [5.41, 5.74) is 0.263. The van der Waals surface area contributed by atoms with Crippen molar-refractivity contribution < 1.29 is 13.2 Å². The van der Waals surface area contributed by atoms with E-state index in [1.54, 1.807) is 6.08 Å². The third-order valence-corrected chi connectivity index (χ3v) is 2.60. The number of allylic oxidation sites excluding steroid dienone is 6. The van der Waals surface area contributed by atoms with Crippen molar-refractivity contribution in [3.8, 4) is 0 Å². The summed E-state index contributed by atoms with van der Waals surface area (Å²) in [7, 11) is 2.13. The molecule has 0 saturated carbocycles. The molecule has 1 atom stereocenters. The van der Waals surface area contributed by atoms with Crippen molar-refractivity contribution in [1.29, 1.82) is 0 Å². The van der Waals surface area contributed by atoms with Gasteiger partial charge in [0.2, 0.25) is 0 Å². The Morgan fingerprint density at radius 1 is 1.43 bits per heavy atom. The van der Waals surface area contributed by atoms with Gasteiger partial charge in [0.1, 0.15) is 0 Å². The van der Waals surface area contributed by atoms with Crippen molar-refractivity contribution in [2.24, 2.45) is 0 Å². The minimum atomic E-state index is -4.26. The van der Waals surface area contributed by atoms with Gasteiger partial charge in [-0.3, -0.25) is 0 Å². The second-order valence-electron chi connectivity index (χ2n) is 3.13. The fourth-order valence-electron chi connectivity index (χ4n) is 1.27. The summed E-state index contributed by atoms with van der Waals surface area (Å²) in [5.74, 6) is 0. The molecule has 0 heterocycles. The first kappa shape index (κ1) is 11.5. The van der Waals surface area contributed by atoms with Gasteiger partial charge in [0, 0.05) is 0 Å². The van der Waals surface area contributed by atoms with E-state index in [4.69, 9.17) is 0 Å². The lowest BCUT2D eigenvalue weighted by atomic mass is 10.1. The Labute approximate surface area is 83.8 Å². The van der Waals surface area contributed by atoms with Gasteiger partial charge >= 0.3 is 6.18 Å². The molecular weight excluding hydrogens is 208 g/mol. The molecule has 1 aliphatic rings. The van der Waals surface area contributed by atoms with Gasteiger partial charge in [-0.15, -0.1) is 9.24 Å². The smallest absolute Gasteiger partial charge is 0.166 e. The van der Waals surface area contributed by atoms with Crippen LogP contribution in [0.2, 0.25) is 0 Å². The first-order valence-corrected chi connectivity index (χ1v) is 4.95. The maximum absolute atomic E-state index is 12.5. The van der Waals surface area contributed by atoms with E-state index in [0.29, 0.717) is 12.8 Å². The van der Waals surface area contributed by atoms with Gasteiger partial charge in [0.15, 0.2) is 0 Å². The largest absolute Gasteiger partial charge is 0.417 e. The molecular formula is C10H12F3P. The molecule has 0 aromatic heterocycles. The number of halogens is 3. The van der Waals surface area contributed by atoms with E-state index in [9.17, 15) is 13.2 Å². The van der Waals surface area contributed by atoms with Gasteiger partial charge in [-0.2, -0.15) is 13.2 Å². The Balaban J connectivity index is 3.15. The van der Waals surface area contributed by atoms with Crippen LogP contribution in [0.4, 0.5) is 13.2 Å². The number of rotatable bonds is 1. The van der Waals surface area contributed by atoms with Crippen molar-refractivity contribution in [3.05, 3.63) is 34.7 Å². The zero-order valence-corrected chi connectivity index (χ0v) is 9.01. The molecule has 1 unspecified atom stereocenters. The van der Waals surface area contributed by atoms with Crippen LogP contribution in [0.25, 0.3) is 0 Å². The number of hydrogen-bond donors (Lipinski definition) is 0. The van der Waals surface area contributed by atoms with Gasteiger partial charge in [-0.25, -0.2) is 0 Å². The lowest BCUT2D eigenvalue weighted by Gasteiger charge is -2.10. The maximum Gasteiger partial charge on any atom is 0.417 e. The predicted octanol–water partition coefficient (Wildman–Crippen LogP) is 3.97. The van der Waals surface area contributed by atoms with Gasteiger partial charge < -0.3 is 0 Å². The van der Waals surface area contributed by atoms with Crippen molar-refractivity contribution in [1.82, 2.24) is 0 Å². The van der Waals surface area contributed by atoms with Crippen LogP contribution in [0.15, 0.2) is 34.7 Å². The van der Waals surface area contributed by atoms with Gasteiger partial charge in [0.05, 0.1) is 5.57 Å². The number of hydrogen-bond acceptors (Lipinski definition) is 0. The molecule has 1 rings (SSSR count). The van der Waals surface area contributed by atoms with E-state index < -0.39 is 11.7 Å². The van der Waals surface area contributed by atoms with Crippen molar-refractivity contribution in [2.75, 3.05) is 0 Å². The van der Waals surface area contributed by atoms with Crippen LogP contribution in [0.5, 0.6) is 0 Å². The highest BCUT2D eigenvalue weighted by Crippen LogP contribution is 2.35. The van der Waals surface area contributed by atoms with Crippen LogP contribution in [0.3, 0.4) is 0 Å². The average Bonchev–Trinajstić information content (AvgIpc) is 2.25. The molecule has 1 aliphatic carbocycles. The Bertz CT molecular complexity index is 308. The molecule has 0 radical (unpaired) electrons. The molecule has 4 heteroatoms. The lowest BCUT2D eigenvalue weighted by Crippen LogP contribution is -2.11. The standard InChI is InChI=1S/C10H12F3P/c1-2-7-4-3-5-9(14)8(6-7)10(11,12)13/h3,5-6H,2,4,14H2,1H3. The summed E-state index contributed by atoms with van der Waals surface area (Å²) in [6.45, 7) is 1.86. The van der Waals surface area contributed by atoms with E-state index in [-0.39, 0.29) is 5.31 Å². The van der Waals surface area contributed by atoms with Crippen LogP contribution in [-0.4, -0.2) is 6.18 Å². The molecule has 0 N–H and O–H groups in total. The minimum absolute atomic E-state index is 0.209. The summed E-state index contributed by atoms with van der Waals surface area (Å²) in [6.07, 6.45) is 1.52. The molecule has 0 saturated heterocycles. The van der Waals surface area contributed by atoms with E-state index in [1.165, 1.54) is 12.2 Å². The van der Waals surface area contributed by atoms with Crippen LogP contribution >= 0.6 is 9.24 Å². The molecule has 0 aromatic carbocycles. The molecule has 0 aliphatic heterocycles. The number of alkyl halides is 3. The predicted molar refractivity (Wildman–Crippen MR) is 54.9 cm³/mol. The highest BCUT2D eigenvalue weighted by atomic mass is 31.0. The molecule has 0 aromatic rings. The highest BCUT2D eigenvalue weighted by Gasteiger charge is 2.33. The monoisotopic (exact) mass is 220 g/mol. The molecule has 0 nitrogen and oxygen atoms in total. The highest BCUT2D eigenvalue weighted by molar-refractivity contribution is 7.23. The van der Waals surface area contributed by atoms with E-state index in [0.717, 1.165) is 5.57 Å². The zero-order valence-electron chi connectivity index (χ0n) is 7.86. The summed E-state index contributed by atoms with van der Waals surface area (Å²) < 4.78 is 37.6. The minimum Gasteiger partial charge on any atom is -0.166 e. The van der Waals surface area contributed by atoms with E-state index in [1.807, 2.05) is 6.92 Å². The van der Waals surface area contributed by atoms with Crippen molar-refractivity contribution in [2.45, 2.75) is 25.9 Å². The molecule has 0 bridgehead atoms. The Morgan fingerprint density at radius 3 is 2.57 bits per heavy atom. The van der Waals surface area contributed by atoms with Crippen LogP contribution in [0.1, 0.15) is 19.8 Å². The van der Waals surface area contributed by atoms with Crippen LogP contribution < -0.4 is 0 Å². The van der Waals surface area contributed by atoms with Crippen LogP contribution in [0, 0.1) is 0 Å². The van der Waals surface area contributed by atoms with Gasteiger partial charge in [-0.1, -0.05) is 24.6 Å². The Hall–Kier alpha value is -0.560. The first-order chi connectivity index (χ1) is 6.45. The molecule has 78 valence electrons. The first-order valence-electron chi connectivity index (χ1n) is 4.38. The fourth-order valence-corrected chi connectivity index (χ4v) is 1.65. The van der Waals surface area contributed by atoms with E-state index >= 15 is 0 Å². The van der Waals surface area contributed by atoms with Crippen molar-refractivity contribution >= 4 is 9.24 Å². The summed E-state index contributed by atoms with van der Waals surface area (Å²) in [6, 6.07) is 0. The van der Waals surface area contributed by atoms with E-state index in [2.05, 4.69) is 9.24 Å². The fraction of sp³-hybridized carbons (Fsp3) is 0.400.